The zero-order chi connectivity index (χ0) is 6.95. The molecule has 0 saturated heterocycles. The van der Waals surface area contributed by atoms with Crippen molar-refractivity contribution in [1.29, 1.82) is 0 Å². The Morgan fingerprint density at radius 1 is 1.30 bits per heavy atom. The fourth-order valence-electron chi connectivity index (χ4n) is 0.340. The molecule has 1 aliphatic carbocycles. The van der Waals surface area contributed by atoms with Gasteiger partial charge in [0.1, 0.15) is 0 Å². The van der Waals surface area contributed by atoms with E-state index in [2.05, 4.69) is 25.3 Å². The van der Waals surface area contributed by atoms with Gasteiger partial charge in [0.2, 0.25) is 0 Å². The predicted molar refractivity (Wildman–Crippen MR) is 42.0 cm³/mol. The van der Waals surface area contributed by atoms with E-state index in [-0.39, 0.29) is 20.1 Å². The van der Waals surface area contributed by atoms with Gasteiger partial charge in [0.15, 0.2) is 0 Å². The first kappa shape index (κ1) is 12.3. The van der Waals surface area contributed by atoms with Gasteiger partial charge in [-0.05, 0) is 0 Å². The van der Waals surface area contributed by atoms with Gasteiger partial charge in [-0.2, -0.15) is 6.08 Å². The topological polar surface area (TPSA) is 0 Å². The van der Waals surface area contributed by atoms with Gasteiger partial charge in [-0.25, -0.2) is 12.2 Å². The number of allylic oxidation sites excluding steroid dienone is 6. The minimum atomic E-state index is 0. The monoisotopic (exact) mass is 312 g/mol. The molecular formula is C9H11Ir-. The average Bonchev–Trinajstić information content (AvgIpc) is 2.43. The van der Waals surface area contributed by atoms with E-state index in [1.54, 1.807) is 12.2 Å². The van der Waals surface area contributed by atoms with Crippen molar-refractivity contribution in [3.05, 3.63) is 49.6 Å². The third kappa shape index (κ3) is 10.6. The van der Waals surface area contributed by atoms with Crippen LogP contribution in [0.2, 0.25) is 0 Å². The van der Waals surface area contributed by atoms with Crippen molar-refractivity contribution in [2.24, 2.45) is 0 Å². The third-order valence-corrected chi connectivity index (χ3v) is 0.753. The van der Waals surface area contributed by atoms with Crippen LogP contribution >= 0.6 is 0 Å². The van der Waals surface area contributed by atoms with Crippen LogP contribution in [0.1, 0.15) is 6.42 Å². The first-order valence-electron chi connectivity index (χ1n) is 2.87. The molecule has 0 aromatic carbocycles. The van der Waals surface area contributed by atoms with Crippen molar-refractivity contribution in [3.8, 4) is 0 Å². The summed E-state index contributed by atoms with van der Waals surface area (Å²) in [5.74, 6) is 0. The normalized spacial score (nSPS) is 10.8. The Morgan fingerprint density at radius 2 is 1.90 bits per heavy atom. The van der Waals surface area contributed by atoms with Gasteiger partial charge in [0.05, 0.1) is 0 Å². The minimum Gasteiger partial charge on any atom is -0.273 e. The summed E-state index contributed by atoms with van der Waals surface area (Å²) in [6, 6.07) is 0. The van der Waals surface area contributed by atoms with Crippen molar-refractivity contribution in [1.82, 2.24) is 0 Å². The largest absolute Gasteiger partial charge is 0.273 e. The molecule has 0 aliphatic heterocycles. The van der Waals surface area contributed by atoms with Crippen LogP contribution in [0.4, 0.5) is 0 Å². The Kier molecular flexibility index (Phi) is 14.0. The van der Waals surface area contributed by atoms with Crippen LogP contribution in [0, 0.1) is 6.08 Å². The second-order valence-electron chi connectivity index (χ2n) is 1.47. The van der Waals surface area contributed by atoms with Gasteiger partial charge in [-0.1, -0.05) is 25.3 Å². The quantitative estimate of drug-likeness (QED) is 0.516. The summed E-state index contributed by atoms with van der Waals surface area (Å²) in [6.45, 7) is 6.72. The summed E-state index contributed by atoms with van der Waals surface area (Å²) in [7, 11) is 0. The van der Waals surface area contributed by atoms with E-state index in [0.717, 1.165) is 6.42 Å². The molecular weight excluding hydrogens is 300 g/mol. The van der Waals surface area contributed by atoms with Crippen molar-refractivity contribution in [2.75, 3.05) is 0 Å². The van der Waals surface area contributed by atoms with Crippen LogP contribution in [-0.2, 0) is 20.1 Å². The van der Waals surface area contributed by atoms with Crippen LogP contribution in [0.5, 0.6) is 0 Å². The fraction of sp³-hybridized carbons (Fsp3) is 0.111. The molecule has 0 nitrogen and oxygen atoms in total. The standard InChI is InChI=1S/C5H5.C4H6.Ir/c1-2-4-5-3-1;1-3-4-2;/h1-3H,4H2;3-4H,1-2H2;/q-1;;. The maximum atomic E-state index is 3.36. The first-order chi connectivity index (χ1) is 4.41. The van der Waals surface area contributed by atoms with Gasteiger partial charge in [-0.15, -0.1) is 6.42 Å². The Balaban J connectivity index is 0. The van der Waals surface area contributed by atoms with Crippen molar-refractivity contribution < 1.29 is 20.1 Å². The SMILES string of the molecule is C=CC=C.[C-]1=CC=CC1.[Ir]. The van der Waals surface area contributed by atoms with Gasteiger partial charge >= 0.3 is 0 Å². The summed E-state index contributed by atoms with van der Waals surface area (Å²) >= 11 is 0. The molecule has 1 aliphatic rings. The third-order valence-electron chi connectivity index (χ3n) is 0.753. The second-order valence-corrected chi connectivity index (χ2v) is 1.47. The summed E-state index contributed by atoms with van der Waals surface area (Å²) in [5.41, 5.74) is 0. The van der Waals surface area contributed by atoms with Crippen molar-refractivity contribution in [2.45, 2.75) is 6.42 Å². The van der Waals surface area contributed by atoms with Crippen molar-refractivity contribution in [3.63, 3.8) is 0 Å². The molecule has 1 radical (unpaired) electrons. The molecule has 0 atom stereocenters. The maximum Gasteiger partial charge on any atom is 0 e. The molecule has 0 heterocycles. The van der Waals surface area contributed by atoms with Crippen LogP contribution in [-0.4, -0.2) is 0 Å². The molecule has 0 N–H and O–H groups in total. The van der Waals surface area contributed by atoms with E-state index in [1.165, 1.54) is 0 Å². The smallest absolute Gasteiger partial charge is 0 e. The molecule has 0 aromatic rings. The van der Waals surface area contributed by atoms with Gasteiger partial charge < -0.3 is 0 Å². The van der Waals surface area contributed by atoms with E-state index in [4.69, 9.17) is 0 Å². The molecule has 0 saturated carbocycles. The van der Waals surface area contributed by atoms with E-state index in [0.29, 0.717) is 0 Å². The van der Waals surface area contributed by atoms with Crippen LogP contribution in [0.15, 0.2) is 43.5 Å². The van der Waals surface area contributed by atoms with Crippen LogP contribution in [0.25, 0.3) is 0 Å². The van der Waals surface area contributed by atoms with Gasteiger partial charge in [0.25, 0.3) is 0 Å². The zero-order valence-electron chi connectivity index (χ0n) is 5.84. The second kappa shape index (κ2) is 11.4. The Labute approximate surface area is 76.4 Å². The molecule has 0 spiro atoms. The maximum absolute atomic E-state index is 3.36. The number of hydrogen-bond acceptors (Lipinski definition) is 0. The van der Waals surface area contributed by atoms with Crippen LogP contribution in [0.3, 0.4) is 0 Å². The molecule has 0 bridgehead atoms. The summed E-state index contributed by atoms with van der Waals surface area (Å²) in [6.07, 6.45) is 13.3. The van der Waals surface area contributed by atoms with E-state index in [1.807, 2.05) is 12.2 Å². The van der Waals surface area contributed by atoms with Gasteiger partial charge in [-0.3, -0.25) is 6.08 Å². The van der Waals surface area contributed by atoms with E-state index < -0.39 is 0 Å². The first-order valence-corrected chi connectivity index (χ1v) is 2.87. The predicted octanol–water partition coefficient (Wildman–Crippen LogP) is 2.66. The summed E-state index contributed by atoms with van der Waals surface area (Å²) in [5, 5.41) is 0. The van der Waals surface area contributed by atoms with E-state index in [9.17, 15) is 0 Å². The molecule has 10 heavy (non-hydrogen) atoms. The fourth-order valence-corrected chi connectivity index (χ4v) is 0.340. The van der Waals surface area contributed by atoms with E-state index >= 15 is 0 Å². The van der Waals surface area contributed by atoms with Crippen LogP contribution < -0.4 is 0 Å². The Morgan fingerprint density at radius 3 is 2.00 bits per heavy atom. The number of rotatable bonds is 1. The van der Waals surface area contributed by atoms with Gasteiger partial charge in [0, 0.05) is 20.1 Å². The molecule has 0 fully saturated rings. The number of hydrogen-bond donors (Lipinski definition) is 0. The summed E-state index contributed by atoms with van der Waals surface area (Å²) < 4.78 is 0. The molecule has 0 unspecified atom stereocenters. The molecule has 1 heteroatoms. The molecule has 1 rings (SSSR count). The molecule has 57 valence electrons. The Bertz CT molecular complexity index is 116. The molecule has 0 aromatic heterocycles. The summed E-state index contributed by atoms with van der Waals surface area (Å²) in [4.78, 5) is 0. The minimum absolute atomic E-state index is 0. The van der Waals surface area contributed by atoms with Crippen molar-refractivity contribution >= 4 is 0 Å². The molecule has 0 amide bonds. The zero-order valence-corrected chi connectivity index (χ0v) is 8.24. The average molecular weight is 311 g/mol. The Hall–Kier alpha value is -0.391.